The summed E-state index contributed by atoms with van der Waals surface area (Å²) < 4.78 is 0.875. The Balaban J connectivity index is 2.30. The molecule has 2 atom stereocenters. The molecule has 54 valence electrons. The van der Waals surface area contributed by atoms with E-state index >= 15 is 0 Å². The average molecular weight is 162 g/mol. The van der Waals surface area contributed by atoms with Gasteiger partial charge in [-0.15, -0.1) is 23.5 Å². The first-order valence-electron chi connectivity index (χ1n) is 3.47. The highest BCUT2D eigenvalue weighted by atomic mass is 32.2. The van der Waals surface area contributed by atoms with Gasteiger partial charge in [0.1, 0.15) is 0 Å². The fraction of sp³-hybridized carbons (Fsp3) is 1.00. The molecule has 1 rings (SSSR count). The highest BCUT2D eigenvalue weighted by Crippen LogP contribution is 2.41. The quantitative estimate of drug-likeness (QED) is 0.581. The summed E-state index contributed by atoms with van der Waals surface area (Å²) in [5, 5.41) is 0.891. The summed E-state index contributed by atoms with van der Waals surface area (Å²) in [6, 6.07) is 0. The molecule has 0 aliphatic carbocycles. The van der Waals surface area contributed by atoms with Crippen LogP contribution in [0.4, 0.5) is 0 Å². The number of hydrogen-bond acceptors (Lipinski definition) is 2. The van der Waals surface area contributed by atoms with Gasteiger partial charge in [0.05, 0.1) is 4.58 Å². The molecule has 0 amide bonds. The second kappa shape index (κ2) is 3.20. The predicted molar refractivity (Wildman–Crippen MR) is 48.1 cm³/mol. The van der Waals surface area contributed by atoms with Crippen LogP contribution in [0.5, 0.6) is 0 Å². The minimum Gasteiger partial charge on any atom is -0.146 e. The van der Waals surface area contributed by atoms with Gasteiger partial charge in [-0.05, 0) is 5.92 Å². The van der Waals surface area contributed by atoms with E-state index in [9.17, 15) is 0 Å². The molecular weight excluding hydrogens is 148 g/mol. The smallest absolute Gasteiger partial charge is 0.0528 e. The summed E-state index contributed by atoms with van der Waals surface area (Å²) in [7, 11) is 0. The average Bonchev–Trinajstić information content (AvgIpc) is 2.14. The second-order valence-corrected chi connectivity index (χ2v) is 5.95. The van der Waals surface area contributed by atoms with Crippen molar-refractivity contribution in [3.05, 3.63) is 0 Å². The first-order chi connectivity index (χ1) is 4.20. The molecule has 9 heavy (non-hydrogen) atoms. The fourth-order valence-corrected chi connectivity index (χ4v) is 4.17. The zero-order valence-corrected chi connectivity index (χ0v) is 7.89. The topological polar surface area (TPSA) is 0 Å². The zero-order chi connectivity index (χ0) is 6.85. The maximum atomic E-state index is 2.32. The van der Waals surface area contributed by atoms with Crippen LogP contribution in [0.15, 0.2) is 0 Å². The molecule has 1 heterocycles. The number of thioether (sulfide) groups is 2. The SMILES string of the molecule is CC1CSC(C(C)C)S1. The Bertz CT molecular complexity index is 90.9. The van der Waals surface area contributed by atoms with Crippen molar-refractivity contribution in [2.24, 2.45) is 5.92 Å². The molecule has 0 radical (unpaired) electrons. The highest BCUT2D eigenvalue weighted by Gasteiger charge is 2.24. The third-order valence-electron chi connectivity index (χ3n) is 1.41. The normalized spacial score (nSPS) is 36.0. The molecule has 0 nitrogen and oxygen atoms in total. The van der Waals surface area contributed by atoms with Crippen LogP contribution in [0.3, 0.4) is 0 Å². The van der Waals surface area contributed by atoms with Gasteiger partial charge >= 0.3 is 0 Å². The van der Waals surface area contributed by atoms with Crippen LogP contribution in [0.25, 0.3) is 0 Å². The summed E-state index contributed by atoms with van der Waals surface area (Å²) in [6.45, 7) is 6.94. The molecule has 0 aromatic rings. The van der Waals surface area contributed by atoms with E-state index in [2.05, 4.69) is 44.3 Å². The summed E-state index contributed by atoms with van der Waals surface area (Å²) in [5.41, 5.74) is 0. The standard InChI is InChI=1S/C7H14S2/c1-5(2)7-8-4-6(3)9-7/h5-7H,4H2,1-3H3. The molecule has 2 unspecified atom stereocenters. The maximum Gasteiger partial charge on any atom is 0.0528 e. The Hall–Kier alpha value is 0.700. The molecule has 1 aliphatic rings. The van der Waals surface area contributed by atoms with Gasteiger partial charge in [0, 0.05) is 11.0 Å². The largest absolute Gasteiger partial charge is 0.146 e. The lowest BCUT2D eigenvalue weighted by Crippen LogP contribution is -2.02. The summed E-state index contributed by atoms with van der Waals surface area (Å²) in [6.07, 6.45) is 0. The van der Waals surface area contributed by atoms with Crippen molar-refractivity contribution in [2.45, 2.75) is 30.6 Å². The van der Waals surface area contributed by atoms with E-state index in [0.717, 1.165) is 15.7 Å². The molecule has 2 heteroatoms. The van der Waals surface area contributed by atoms with Crippen LogP contribution in [0.1, 0.15) is 20.8 Å². The lowest BCUT2D eigenvalue weighted by atomic mass is 10.3. The minimum atomic E-state index is 0.852. The molecule has 0 aromatic carbocycles. The molecule has 0 aromatic heterocycles. The molecule has 1 saturated heterocycles. The van der Waals surface area contributed by atoms with Gasteiger partial charge in [-0.2, -0.15) is 0 Å². The van der Waals surface area contributed by atoms with E-state index in [0.29, 0.717) is 0 Å². The van der Waals surface area contributed by atoms with Gasteiger partial charge in [0.15, 0.2) is 0 Å². The molecule has 0 N–H and O–H groups in total. The Labute approximate surface area is 66.2 Å². The lowest BCUT2D eigenvalue weighted by Gasteiger charge is -2.11. The monoisotopic (exact) mass is 162 g/mol. The second-order valence-electron chi connectivity index (χ2n) is 2.89. The van der Waals surface area contributed by atoms with Crippen molar-refractivity contribution in [1.29, 1.82) is 0 Å². The van der Waals surface area contributed by atoms with E-state index < -0.39 is 0 Å². The van der Waals surface area contributed by atoms with Gasteiger partial charge in [0.2, 0.25) is 0 Å². The summed E-state index contributed by atoms with van der Waals surface area (Å²) in [5.74, 6) is 2.21. The molecule has 1 fully saturated rings. The Kier molecular flexibility index (Phi) is 2.77. The summed E-state index contributed by atoms with van der Waals surface area (Å²) in [4.78, 5) is 0. The third-order valence-corrected chi connectivity index (χ3v) is 5.37. The van der Waals surface area contributed by atoms with Crippen LogP contribution in [0.2, 0.25) is 0 Å². The van der Waals surface area contributed by atoms with Gasteiger partial charge < -0.3 is 0 Å². The van der Waals surface area contributed by atoms with Crippen molar-refractivity contribution in [3.8, 4) is 0 Å². The van der Waals surface area contributed by atoms with Crippen LogP contribution in [-0.4, -0.2) is 15.6 Å². The summed E-state index contributed by atoms with van der Waals surface area (Å²) >= 11 is 4.26. The van der Waals surface area contributed by atoms with Gasteiger partial charge in [-0.25, -0.2) is 0 Å². The molecular formula is C7H14S2. The van der Waals surface area contributed by atoms with Gasteiger partial charge in [-0.3, -0.25) is 0 Å². The van der Waals surface area contributed by atoms with Crippen LogP contribution < -0.4 is 0 Å². The van der Waals surface area contributed by atoms with Crippen molar-refractivity contribution in [3.63, 3.8) is 0 Å². The Morgan fingerprint density at radius 1 is 1.44 bits per heavy atom. The number of hydrogen-bond donors (Lipinski definition) is 0. The Morgan fingerprint density at radius 2 is 2.11 bits per heavy atom. The van der Waals surface area contributed by atoms with Crippen LogP contribution in [-0.2, 0) is 0 Å². The molecule has 0 saturated carbocycles. The van der Waals surface area contributed by atoms with Crippen molar-refractivity contribution in [1.82, 2.24) is 0 Å². The van der Waals surface area contributed by atoms with Gasteiger partial charge in [-0.1, -0.05) is 20.8 Å². The van der Waals surface area contributed by atoms with Crippen molar-refractivity contribution < 1.29 is 0 Å². The van der Waals surface area contributed by atoms with E-state index in [1.807, 2.05) is 0 Å². The predicted octanol–water partition coefficient (Wildman–Crippen LogP) is 2.84. The van der Waals surface area contributed by atoms with E-state index in [-0.39, 0.29) is 0 Å². The zero-order valence-electron chi connectivity index (χ0n) is 6.26. The first kappa shape index (κ1) is 7.80. The minimum absolute atomic E-state index is 0.852. The van der Waals surface area contributed by atoms with E-state index in [1.165, 1.54) is 5.75 Å². The number of rotatable bonds is 1. The first-order valence-corrected chi connectivity index (χ1v) is 5.46. The van der Waals surface area contributed by atoms with E-state index in [4.69, 9.17) is 0 Å². The third kappa shape index (κ3) is 2.08. The Morgan fingerprint density at radius 3 is 2.33 bits per heavy atom. The highest BCUT2D eigenvalue weighted by molar-refractivity contribution is 8.20. The van der Waals surface area contributed by atoms with Gasteiger partial charge in [0.25, 0.3) is 0 Å². The lowest BCUT2D eigenvalue weighted by molar-refractivity contribution is 0.723. The van der Waals surface area contributed by atoms with Crippen molar-refractivity contribution in [2.75, 3.05) is 5.75 Å². The van der Waals surface area contributed by atoms with Crippen molar-refractivity contribution >= 4 is 23.5 Å². The van der Waals surface area contributed by atoms with Crippen LogP contribution in [0, 0.1) is 5.92 Å². The molecule has 0 bridgehead atoms. The fourth-order valence-electron chi connectivity index (χ4n) is 0.887. The molecule has 0 spiro atoms. The van der Waals surface area contributed by atoms with Crippen LogP contribution >= 0.6 is 23.5 Å². The van der Waals surface area contributed by atoms with E-state index in [1.54, 1.807) is 0 Å². The maximum absolute atomic E-state index is 2.32. The molecule has 1 aliphatic heterocycles.